The van der Waals surface area contributed by atoms with Gasteiger partial charge in [0.15, 0.2) is 13.2 Å². The molecule has 2 aliphatic heterocycles. The molecule has 0 spiro atoms. The second-order valence-electron chi connectivity index (χ2n) is 11.5. The number of nitrogens with one attached hydrogen (secondary N) is 2. The predicted octanol–water partition coefficient (Wildman–Crippen LogP) is 3.82. The molecule has 0 radical (unpaired) electrons. The molecule has 40 heavy (non-hydrogen) atoms. The zero-order valence-corrected chi connectivity index (χ0v) is 24.0. The Hall–Kier alpha value is -3.02. The monoisotopic (exact) mass is 572 g/mol. The Balaban J connectivity index is 0.914. The van der Waals surface area contributed by atoms with Crippen LogP contribution in [-0.4, -0.2) is 55.9 Å². The van der Waals surface area contributed by atoms with E-state index in [1.165, 1.54) is 49.1 Å². The molecule has 4 bridgehead atoms. The van der Waals surface area contributed by atoms with E-state index in [-0.39, 0.29) is 24.0 Å². The molecule has 10 heteroatoms. The van der Waals surface area contributed by atoms with Gasteiger partial charge in [0.2, 0.25) is 0 Å². The number of hydrogen-bond acceptors (Lipinski definition) is 10. The largest absolute Gasteiger partial charge is 0.463 e. The van der Waals surface area contributed by atoms with Gasteiger partial charge in [-0.15, -0.1) is 8.75 Å². The van der Waals surface area contributed by atoms with Crippen LogP contribution in [0.3, 0.4) is 0 Å². The molecule has 206 valence electrons. The molecule has 1 aromatic carbocycles. The lowest BCUT2D eigenvalue weighted by Crippen LogP contribution is -2.30. The van der Waals surface area contributed by atoms with Crippen molar-refractivity contribution in [1.29, 1.82) is 0 Å². The van der Waals surface area contributed by atoms with E-state index in [9.17, 15) is 0 Å². The second-order valence-corrected chi connectivity index (χ2v) is 12.6. The first kappa shape index (κ1) is 25.9. The highest BCUT2D eigenvalue weighted by molar-refractivity contribution is 6.99. The Bertz CT molecular complexity index is 1360. The van der Waals surface area contributed by atoms with Crippen molar-refractivity contribution in [1.82, 2.24) is 28.1 Å². The van der Waals surface area contributed by atoms with Crippen molar-refractivity contribution in [2.75, 3.05) is 26.3 Å². The number of aromatic nitrogens is 4. The summed E-state index contributed by atoms with van der Waals surface area (Å²) in [7, 11) is 0. The second kappa shape index (κ2) is 11.1. The molecule has 7 rings (SSSR count). The maximum Gasteiger partial charge on any atom is 0.250 e. The Labute approximate surface area is 243 Å². The van der Waals surface area contributed by atoms with Crippen LogP contribution >= 0.6 is 23.5 Å². The molecule has 0 amide bonds. The van der Waals surface area contributed by atoms with Gasteiger partial charge in [-0.25, -0.2) is 0 Å². The number of hydrogen-bond donors (Lipinski definition) is 2. The number of fused-ring (bicyclic) bond motifs is 4. The van der Waals surface area contributed by atoms with Gasteiger partial charge in [-0.3, -0.25) is 0 Å². The van der Waals surface area contributed by atoms with Gasteiger partial charge in [0.25, 0.3) is 11.8 Å². The molecular formula is C30H32N6O2S2. The molecule has 2 aromatic heterocycles. The predicted molar refractivity (Wildman–Crippen MR) is 155 cm³/mol. The van der Waals surface area contributed by atoms with Crippen molar-refractivity contribution in [2.45, 2.75) is 74.3 Å². The highest BCUT2D eigenvalue weighted by atomic mass is 32.1. The summed E-state index contributed by atoms with van der Waals surface area (Å²) >= 11 is 2.47. The molecule has 4 atom stereocenters. The fourth-order valence-corrected chi connectivity index (χ4v) is 8.21. The normalized spacial score (nSPS) is 28.3. The van der Waals surface area contributed by atoms with E-state index in [2.05, 4.69) is 51.8 Å². The third-order valence-electron chi connectivity index (χ3n) is 8.98. The minimum Gasteiger partial charge on any atom is -0.463 e. The van der Waals surface area contributed by atoms with E-state index >= 15 is 0 Å². The lowest BCUT2D eigenvalue weighted by atomic mass is 9.73. The quantitative estimate of drug-likeness (QED) is 0.431. The van der Waals surface area contributed by atoms with Gasteiger partial charge >= 0.3 is 0 Å². The van der Waals surface area contributed by atoms with Crippen LogP contribution in [-0.2, 0) is 10.8 Å². The molecule has 2 saturated heterocycles. The summed E-state index contributed by atoms with van der Waals surface area (Å²) in [6, 6.07) is 9.12. The summed E-state index contributed by atoms with van der Waals surface area (Å²) in [5, 5.41) is 7.28. The lowest BCUT2D eigenvalue weighted by molar-refractivity contribution is 0.308. The van der Waals surface area contributed by atoms with Crippen LogP contribution < -0.4 is 20.1 Å². The van der Waals surface area contributed by atoms with Gasteiger partial charge in [-0.2, -0.15) is 8.75 Å². The van der Waals surface area contributed by atoms with Crippen LogP contribution in [0, 0.1) is 23.7 Å². The van der Waals surface area contributed by atoms with Gasteiger partial charge in [-0.1, -0.05) is 36.5 Å². The van der Waals surface area contributed by atoms with E-state index < -0.39 is 0 Å². The molecule has 8 nitrogen and oxygen atoms in total. The smallest absolute Gasteiger partial charge is 0.250 e. The van der Waals surface area contributed by atoms with Crippen LogP contribution in [0.1, 0.15) is 73.9 Å². The average Bonchev–Trinajstić information content (AvgIpc) is 3.77. The first-order chi connectivity index (χ1) is 19.7. The minimum absolute atomic E-state index is 0.0756. The first-order valence-electron chi connectivity index (χ1n) is 14.2. The SMILES string of the molecule is C(#Cc1ccc(C#CCOc2nsnc2C23CCC[C@H](C2)NC3)cc1)COc1nsnc1C12CCCC(C1)NC2. The molecule has 2 saturated carbocycles. The third-order valence-corrected chi connectivity index (χ3v) is 10.0. The topological polar surface area (TPSA) is 94.1 Å². The minimum atomic E-state index is 0.0756. The standard InChI is InChI=1S/C30H32N6O2S2/c1-7-23-17-29(13-1,19-31-23)25-27(35-39-33-25)37-15-3-5-21-9-11-22(12-10-21)6-4-16-38-28-26(34-40-36-28)30-14-2-8-24(18-30)32-20-30/h9-12,23-24,31-32H,1-2,7-8,13-20H2/t23-,24?,29?,30?/m1/s1. The molecule has 2 N–H and O–H groups in total. The third kappa shape index (κ3) is 5.10. The van der Waals surface area contributed by atoms with E-state index in [4.69, 9.17) is 9.47 Å². The molecule has 2 aliphatic carbocycles. The van der Waals surface area contributed by atoms with Crippen LogP contribution in [0.2, 0.25) is 0 Å². The van der Waals surface area contributed by atoms with Gasteiger partial charge < -0.3 is 20.1 Å². The van der Waals surface area contributed by atoms with E-state index in [0.29, 0.717) is 23.8 Å². The summed E-state index contributed by atoms with van der Waals surface area (Å²) in [5.74, 6) is 13.9. The van der Waals surface area contributed by atoms with Gasteiger partial charge in [0.05, 0.1) is 23.5 Å². The summed E-state index contributed by atoms with van der Waals surface area (Å²) in [6.45, 7) is 2.51. The molecule has 3 unspecified atom stereocenters. The number of rotatable bonds is 6. The Morgan fingerprint density at radius 2 is 1.20 bits per heavy atom. The number of benzene rings is 1. The van der Waals surface area contributed by atoms with Gasteiger partial charge in [0, 0.05) is 47.1 Å². The van der Waals surface area contributed by atoms with Crippen molar-refractivity contribution in [3.05, 3.63) is 46.8 Å². The van der Waals surface area contributed by atoms with Crippen LogP contribution in [0.15, 0.2) is 24.3 Å². The summed E-state index contributed by atoms with van der Waals surface area (Å²) in [6.07, 6.45) is 9.51. The highest BCUT2D eigenvalue weighted by Crippen LogP contribution is 2.46. The average molecular weight is 573 g/mol. The first-order valence-corrected chi connectivity index (χ1v) is 15.6. The Morgan fingerprint density at radius 1 is 0.725 bits per heavy atom. The van der Waals surface area contributed by atoms with Crippen molar-refractivity contribution in [3.8, 4) is 35.4 Å². The summed E-state index contributed by atoms with van der Waals surface area (Å²) in [5.41, 5.74) is 4.02. The Kier molecular flexibility index (Phi) is 7.19. The molecule has 3 aromatic rings. The fraction of sp³-hybridized carbons (Fsp3) is 0.533. The zero-order chi connectivity index (χ0) is 26.8. The van der Waals surface area contributed by atoms with Gasteiger partial charge in [-0.05, 0) is 62.8 Å². The molecule has 4 heterocycles. The zero-order valence-electron chi connectivity index (χ0n) is 22.4. The Morgan fingerprint density at radius 3 is 1.68 bits per heavy atom. The van der Waals surface area contributed by atoms with E-state index in [1.807, 2.05) is 24.3 Å². The molecule has 4 aliphatic rings. The molecule has 4 fully saturated rings. The highest BCUT2D eigenvalue weighted by Gasteiger charge is 2.47. The van der Waals surface area contributed by atoms with Crippen molar-refractivity contribution >= 4 is 23.5 Å². The van der Waals surface area contributed by atoms with E-state index in [1.54, 1.807) is 0 Å². The van der Waals surface area contributed by atoms with Gasteiger partial charge in [0.1, 0.15) is 11.4 Å². The van der Waals surface area contributed by atoms with Crippen LogP contribution in [0.4, 0.5) is 0 Å². The molecular weight excluding hydrogens is 541 g/mol. The lowest BCUT2D eigenvalue weighted by Gasteiger charge is -2.30. The number of ether oxygens (including phenoxy) is 2. The van der Waals surface area contributed by atoms with Crippen molar-refractivity contribution in [2.24, 2.45) is 0 Å². The maximum atomic E-state index is 5.97. The number of nitrogens with zero attached hydrogens (tertiary/aromatic N) is 4. The summed E-state index contributed by atoms with van der Waals surface area (Å²) in [4.78, 5) is 0. The van der Waals surface area contributed by atoms with Crippen molar-refractivity contribution in [3.63, 3.8) is 0 Å². The van der Waals surface area contributed by atoms with E-state index in [0.717, 1.165) is 61.3 Å². The van der Waals surface area contributed by atoms with Crippen LogP contribution in [0.5, 0.6) is 11.8 Å². The van der Waals surface area contributed by atoms with Crippen LogP contribution in [0.25, 0.3) is 0 Å². The maximum absolute atomic E-state index is 5.97. The summed E-state index contributed by atoms with van der Waals surface area (Å²) < 4.78 is 30.0. The fourth-order valence-electron chi connectivity index (χ4n) is 6.99. The van der Waals surface area contributed by atoms with Crippen molar-refractivity contribution < 1.29 is 9.47 Å².